The van der Waals surface area contributed by atoms with Crippen molar-refractivity contribution in [2.75, 3.05) is 0 Å². The number of alkyl halides is 1. The van der Waals surface area contributed by atoms with Gasteiger partial charge in [-0.15, -0.1) is 0 Å². The van der Waals surface area contributed by atoms with E-state index in [4.69, 9.17) is 0 Å². The first-order valence-electron chi connectivity index (χ1n) is 3.05. The van der Waals surface area contributed by atoms with E-state index in [9.17, 15) is 0 Å². The number of halogens is 2. The number of aryl methyl sites for hydroxylation is 1. The summed E-state index contributed by atoms with van der Waals surface area (Å²) in [5.74, 6) is 0. The molecule has 0 bridgehead atoms. The summed E-state index contributed by atoms with van der Waals surface area (Å²) in [5.41, 5.74) is 2.66. The predicted octanol–water partition coefficient (Wildman–Crippen LogP) is 3.65. The summed E-state index contributed by atoms with van der Waals surface area (Å²) in [5, 5.41) is 0.917. The highest BCUT2D eigenvalue weighted by molar-refractivity contribution is 9.10. The third-order valence-electron chi connectivity index (χ3n) is 1.49. The lowest BCUT2D eigenvalue weighted by atomic mass is 10.1. The number of benzene rings is 1. The van der Waals surface area contributed by atoms with Gasteiger partial charge in [0, 0.05) is 9.80 Å². The van der Waals surface area contributed by atoms with E-state index in [0.29, 0.717) is 0 Å². The predicted molar refractivity (Wildman–Crippen MR) is 51.5 cm³/mol. The molecule has 0 saturated carbocycles. The Labute approximate surface area is 77.9 Å². The average Bonchev–Trinajstić information content (AvgIpc) is 1.88. The van der Waals surface area contributed by atoms with Crippen molar-refractivity contribution < 1.29 is 0 Å². The Hall–Kier alpha value is 0.180. The monoisotopic (exact) mass is 262 g/mol. The Morgan fingerprint density at radius 3 is 2.50 bits per heavy atom. The summed E-state index contributed by atoms with van der Waals surface area (Å²) >= 11 is 6.91. The SMILES string of the molecule is Cc1cccc(Br)c1CBr. The molecule has 0 heterocycles. The van der Waals surface area contributed by atoms with Crippen LogP contribution < -0.4 is 0 Å². The second-order valence-electron chi connectivity index (χ2n) is 2.17. The highest BCUT2D eigenvalue weighted by Crippen LogP contribution is 2.21. The second kappa shape index (κ2) is 3.54. The highest BCUT2D eigenvalue weighted by Gasteiger charge is 1.98. The van der Waals surface area contributed by atoms with Gasteiger partial charge in [-0.2, -0.15) is 0 Å². The van der Waals surface area contributed by atoms with E-state index in [1.807, 2.05) is 6.07 Å². The topological polar surface area (TPSA) is 0 Å². The Bertz CT molecular complexity index is 210. The lowest BCUT2D eigenvalue weighted by Gasteiger charge is -2.02. The van der Waals surface area contributed by atoms with Gasteiger partial charge in [-0.25, -0.2) is 0 Å². The van der Waals surface area contributed by atoms with Gasteiger partial charge in [-0.05, 0) is 24.1 Å². The van der Waals surface area contributed by atoms with Crippen LogP contribution in [0.4, 0.5) is 0 Å². The molecule has 0 spiro atoms. The molecule has 54 valence electrons. The van der Waals surface area contributed by atoms with Crippen LogP contribution >= 0.6 is 31.9 Å². The van der Waals surface area contributed by atoms with Gasteiger partial charge in [0.25, 0.3) is 0 Å². The van der Waals surface area contributed by atoms with Gasteiger partial charge in [0.15, 0.2) is 0 Å². The molecular formula is C8H8Br2. The Morgan fingerprint density at radius 2 is 2.10 bits per heavy atom. The van der Waals surface area contributed by atoms with E-state index >= 15 is 0 Å². The lowest BCUT2D eigenvalue weighted by Crippen LogP contribution is -1.84. The van der Waals surface area contributed by atoms with Gasteiger partial charge < -0.3 is 0 Å². The molecule has 10 heavy (non-hydrogen) atoms. The van der Waals surface area contributed by atoms with Gasteiger partial charge >= 0.3 is 0 Å². The van der Waals surface area contributed by atoms with E-state index in [1.165, 1.54) is 15.6 Å². The Morgan fingerprint density at radius 1 is 1.40 bits per heavy atom. The molecule has 1 rings (SSSR count). The summed E-state index contributed by atoms with van der Waals surface area (Å²) in [6.07, 6.45) is 0. The van der Waals surface area contributed by atoms with Crippen molar-refractivity contribution in [1.29, 1.82) is 0 Å². The van der Waals surface area contributed by atoms with Crippen LogP contribution in [0.2, 0.25) is 0 Å². The maximum atomic E-state index is 3.48. The molecule has 0 nitrogen and oxygen atoms in total. The van der Waals surface area contributed by atoms with Gasteiger partial charge in [-0.3, -0.25) is 0 Å². The lowest BCUT2D eigenvalue weighted by molar-refractivity contribution is 1.30. The molecular weight excluding hydrogens is 256 g/mol. The Kier molecular flexibility index (Phi) is 2.93. The molecule has 0 amide bonds. The summed E-state index contributed by atoms with van der Waals surface area (Å²) in [4.78, 5) is 0. The molecule has 0 aliphatic heterocycles. The number of hydrogen-bond donors (Lipinski definition) is 0. The molecule has 0 atom stereocenters. The minimum absolute atomic E-state index is 0.917. The molecule has 2 heteroatoms. The van der Waals surface area contributed by atoms with Crippen LogP contribution in [0.1, 0.15) is 11.1 Å². The summed E-state index contributed by atoms with van der Waals surface area (Å²) in [6, 6.07) is 6.22. The normalized spacial score (nSPS) is 9.90. The number of hydrogen-bond acceptors (Lipinski definition) is 0. The fourth-order valence-corrected chi connectivity index (χ4v) is 2.56. The van der Waals surface area contributed by atoms with Crippen molar-refractivity contribution in [2.24, 2.45) is 0 Å². The molecule has 0 unspecified atom stereocenters. The molecule has 0 saturated heterocycles. The van der Waals surface area contributed by atoms with Crippen LogP contribution in [-0.2, 0) is 5.33 Å². The van der Waals surface area contributed by atoms with Gasteiger partial charge in [-0.1, -0.05) is 44.0 Å². The van der Waals surface area contributed by atoms with E-state index in [2.05, 4.69) is 50.9 Å². The molecule has 1 aromatic carbocycles. The maximum Gasteiger partial charge on any atom is 0.0296 e. The molecule has 1 aromatic rings. The standard InChI is InChI=1S/C8H8Br2/c1-6-3-2-4-8(10)7(6)5-9/h2-4H,5H2,1H3. The van der Waals surface area contributed by atoms with Crippen LogP contribution in [0.5, 0.6) is 0 Å². The van der Waals surface area contributed by atoms with Crippen molar-refractivity contribution >= 4 is 31.9 Å². The molecule has 0 aliphatic carbocycles. The van der Waals surface area contributed by atoms with Crippen molar-refractivity contribution in [3.8, 4) is 0 Å². The zero-order chi connectivity index (χ0) is 7.56. The minimum atomic E-state index is 0.917. The molecule has 0 aromatic heterocycles. The van der Waals surface area contributed by atoms with E-state index in [0.717, 1.165) is 5.33 Å². The fourth-order valence-electron chi connectivity index (χ4n) is 0.836. The van der Waals surface area contributed by atoms with E-state index in [1.54, 1.807) is 0 Å². The zero-order valence-electron chi connectivity index (χ0n) is 5.70. The second-order valence-corrected chi connectivity index (χ2v) is 3.58. The van der Waals surface area contributed by atoms with Crippen LogP contribution in [0.25, 0.3) is 0 Å². The van der Waals surface area contributed by atoms with Crippen LogP contribution in [0.3, 0.4) is 0 Å². The third-order valence-corrected chi connectivity index (χ3v) is 2.79. The quantitative estimate of drug-likeness (QED) is 0.679. The van der Waals surface area contributed by atoms with E-state index < -0.39 is 0 Å². The van der Waals surface area contributed by atoms with Crippen molar-refractivity contribution in [1.82, 2.24) is 0 Å². The van der Waals surface area contributed by atoms with E-state index in [-0.39, 0.29) is 0 Å². The molecule has 0 radical (unpaired) electrons. The smallest absolute Gasteiger partial charge is 0.0296 e. The maximum absolute atomic E-state index is 3.48. The minimum Gasteiger partial charge on any atom is -0.0876 e. The first-order chi connectivity index (χ1) is 4.75. The van der Waals surface area contributed by atoms with Gasteiger partial charge in [0.2, 0.25) is 0 Å². The van der Waals surface area contributed by atoms with Crippen molar-refractivity contribution in [2.45, 2.75) is 12.3 Å². The average molecular weight is 264 g/mol. The summed E-state index contributed by atoms with van der Waals surface area (Å²) in [7, 11) is 0. The number of rotatable bonds is 1. The molecule has 0 N–H and O–H groups in total. The van der Waals surface area contributed by atoms with Crippen molar-refractivity contribution in [3.63, 3.8) is 0 Å². The highest BCUT2D eigenvalue weighted by atomic mass is 79.9. The van der Waals surface area contributed by atoms with Crippen LogP contribution in [0, 0.1) is 6.92 Å². The largest absolute Gasteiger partial charge is 0.0876 e. The summed E-state index contributed by atoms with van der Waals surface area (Å²) < 4.78 is 1.18. The van der Waals surface area contributed by atoms with Crippen LogP contribution in [0.15, 0.2) is 22.7 Å². The zero-order valence-corrected chi connectivity index (χ0v) is 8.87. The summed E-state index contributed by atoms with van der Waals surface area (Å²) in [6.45, 7) is 2.11. The Balaban J connectivity index is 3.17. The van der Waals surface area contributed by atoms with Crippen LogP contribution in [-0.4, -0.2) is 0 Å². The van der Waals surface area contributed by atoms with Gasteiger partial charge in [0.1, 0.15) is 0 Å². The first-order valence-corrected chi connectivity index (χ1v) is 4.97. The van der Waals surface area contributed by atoms with Crippen molar-refractivity contribution in [3.05, 3.63) is 33.8 Å². The molecule has 0 fully saturated rings. The first kappa shape index (κ1) is 8.28. The fraction of sp³-hybridized carbons (Fsp3) is 0.250. The molecule has 0 aliphatic rings. The van der Waals surface area contributed by atoms with Gasteiger partial charge in [0.05, 0.1) is 0 Å². The third kappa shape index (κ3) is 1.61.